The molecule has 0 unspecified atom stereocenters. The van der Waals surface area contributed by atoms with E-state index in [9.17, 15) is 10.1 Å². The lowest BCUT2D eigenvalue weighted by Crippen LogP contribution is -2.13. The molecule has 0 saturated heterocycles. The summed E-state index contributed by atoms with van der Waals surface area (Å²) >= 11 is 5.70. The molecule has 7 nitrogen and oxygen atoms in total. The van der Waals surface area contributed by atoms with E-state index < -0.39 is 5.91 Å². The molecule has 4 rings (SSSR count). The fourth-order valence-electron chi connectivity index (χ4n) is 3.17. The Bertz CT molecular complexity index is 1280. The average Bonchev–Trinajstić information content (AvgIpc) is 3.30. The molecule has 1 heterocycles. The number of hydrogen-bond acceptors (Lipinski definition) is 6. The summed E-state index contributed by atoms with van der Waals surface area (Å²) < 4.78 is 23.4. The summed E-state index contributed by atoms with van der Waals surface area (Å²) in [5.41, 5.74) is 2.17. The van der Waals surface area contributed by atoms with Crippen molar-refractivity contribution in [2.45, 2.75) is 6.61 Å². The number of benzene rings is 3. The van der Waals surface area contributed by atoms with E-state index in [1.54, 1.807) is 37.4 Å². The van der Waals surface area contributed by atoms with Gasteiger partial charge in [0.1, 0.15) is 29.7 Å². The highest BCUT2D eigenvalue weighted by Crippen LogP contribution is 2.35. The number of rotatable bonds is 7. The highest BCUT2D eigenvalue weighted by atomic mass is 127. The molecule has 1 amide bonds. The molecule has 9 heteroatoms. The quantitative estimate of drug-likeness (QED) is 0.198. The number of nitrogens with zero attached hydrogens (tertiary/aromatic N) is 1. The second-order valence-corrected chi connectivity index (χ2v) is 9.16. The Labute approximate surface area is 218 Å². The number of carbonyl (C=O) groups is 1. The van der Waals surface area contributed by atoms with E-state index in [0.717, 1.165) is 14.9 Å². The van der Waals surface area contributed by atoms with E-state index in [0.29, 0.717) is 39.6 Å². The number of fused-ring (bicyclic) bond motifs is 1. The van der Waals surface area contributed by atoms with Crippen molar-refractivity contribution in [2.75, 3.05) is 19.2 Å². The highest BCUT2D eigenvalue weighted by Gasteiger charge is 2.15. The zero-order valence-corrected chi connectivity index (χ0v) is 21.7. The van der Waals surface area contributed by atoms with Gasteiger partial charge >= 0.3 is 0 Å². The predicted octanol–water partition coefficient (Wildman–Crippen LogP) is 5.92. The highest BCUT2D eigenvalue weighted by molar-refractivity contribution is 14.1. The normalized spacial score (nSPS) is 12.1. The van der Waals surface area contributed by atoms with Gasteiger partial charge in [0.15, 0.2) is 11.5 Å². The minimum absolute atomic E-state index is 0.0208. The van der Waals surface area contributed by atoms with Crippen LogP contribution >= 0.6 is 38.5 Å². The van der Waals surface area contributed by atoms with Crippen LogP contribution in [0, 0.1) is 14.9 Å². The number of nitrogens with one attached hydrogen (secondary N) is 1. The minimum atomic E-state index is -0.498. The third-order valence-corrected chi connectivity index (χ3v) is 6.26. The fourth-order valence-corrected chi connectivity index (χ4v) is 4.94. The molecule has 0 radical (unpaired) electrons. The molecule has 3 aromatic carbocycles. The largest absolute Gasteiger partial charge is 0.497 e. The average molecular weight is 633 g/mol. The van der Waals surface area contributed by atoms with Crippen LogP contribution in [0.15, 0.2) is 64.6 Å². The maximum Gasteiger partial charge on any atom is 0.266 e. The number of carbonyl (C=O) groups excluding carboxylic acids is 1. The summed E-state index contributed by atoms with van der Waals surface area (Å²) in [4.78, 5) is 12.6. The smallest absolute Gasteiger partial charge is 0.266 e. The number of nitriles is 1. The summed E-state index contributed by atoms with van der Waals surface area (Å²) in [6, 6.07) is 18.2. The first-order valence-electron chi connectivity index (χ1n) is 10.0. The molecule has 0 aromatic heterocycles. The summed E-state index contributed by atoms with van der Waals surface area (Å²) in [5.74, 6) is 2.26. The molecule has 3 aromatic rings. The molecule has 0 saturated carbocycles. The molecule has 172 valence electrons. The maximum absolute atomic E-state index is 12.6. The maximum atomic E-state index is 12.6. The van der Waals surface area contributed by atoms with Crippen LogP contribution in [0.4, 0.5) is 5.69 Å². The van der Waals surface area contributed by atoms with Gasteiger partial charge in [-0.15, -0.1) is 0 Å². The van der Waals surface area contributed by atoms with Crippen LogP contribution in [-0.4, -0.2) is 19.8 Å². The van der Waals surface area contributed by atoms with Crippen molar-refractivity contribution < 1.29 is 23.7 Å². The third kappa shape index (κ3) is 5.63. The van der Waals surface area contributed by atoms with Gasteiger partial charge in [0, 0.05) is 5.69 Å². The lowest BCUT2D eigenvalue weighted by molar-refractivity contribution is -0.112. The first-order chi connectivity index (χ1) is 16.5. The van der Waals surface area contributed by atoms with Crippen LogP contribution < -0.4 is 24.3 Å². The molecule has 0 atom stereocenters. The topological polar surface area (TPSA) is 89.8 Å². The molecule has 0 fully saturated rings. The fraction of sp³-hybridized carbons (Fsp3) is 0.120. The van der Waals surface area contributed by atoms with Crippen molar-refractivity contribution >= 4 is 56.2 Å². The molecular formula is C25H18BrIN2O5. The lowest BCUT2D eigenvalue weighted by atomic mass is 10.1. The number of anilines is 1. The molecular weight excluding hydrogens is 615 g/mol. The van der Waals surface area contributed by atoms with E-state index in [1.165, 1.54) is 6.08 Å². The second kappa shape index (κ2) is 10.8. The van der Waals surface area contributed by atoms with Crippen molar-refractivity contribution in [2.24, 2.45) is 0 Å². The van der Waals surface area contributed by atoms with Crippen molar-refractivity contribution in [3.05, 3.63) is 79.3 Å². The van der Waals surface area contributed by atoms with E-state index in [1.807, 2.05) is 30.3 Å². The molecule has 0 aliphatic carbocycles. The monoisotopic (exact) mass is 632 g/mol. The SMILES string of the molecule is COc1ccc(NC(=O)/C(C#N)=C\c2cc(Br)c(OCc3ccc4c(c3)OCO4)c(I)c2)cc1. The van der Waals surface area contributed by atoms with Crippen LogP contribution in [0.2, 0.25) is 0 Å². The van der Waals surface area contributed by atoms with Gasteiger partial charge in [0.25, 0.3) is 5.91 Å². The summed E-state index contributed by atoms with van der Waals surface area (Å²) in [6.07, 6.45) is 1.54. The van der Waals surface area contributed by atoms with E-state index >= 15 is 0 Å². The van der Waals surface area contributed by atoms with Crippen LogP contribution in [-0.2, 0) is 11.4 Å². The van der Waals surface area contributed by atoms with Crippen molar-refractivity contribution in [1.82, 2.24) is 0 Å². The number of methoxy groups -OCH3 is 1. The van der Waals surface area contributed by atoms with Crippen LogP contribution in [0.3, 0.4) is 0 Å². The van der Waals surface area contributed by atoms with Crippen molar-refractivity contribution in [3.8, 4) is 29.1 Å². The molecule has 34 heavy (non-hydrogen) atoms. The minimum Gasteiger partial charge on any atom is -0.497 e. The van der Waals surface area contributed by atoms with Crippen LogP contribution in [0.5, 0.6) is 23.0 Å². The Kier molecular flexibility index (Phi) is 7.59. The van der Waals surface area contributed by atoms with E-state index in [4.69, 9.17) is 18.9 Å². The molecule has 1 N–H and O–H groups in total. The second-order valence-electron chi connectivity index (χ2n) is 7.14. The van der Waals surface area contributed by atoms with E-state index in [-0.39, 0.29) is 12.4 Å². The first-order valence-corrected chi connectivity index (χ1v) is 11.9. The molecule has 1 aliphatic rings. The number of hydrogen-bond donors (Lipinski definition) is 1. The molecule has 0 spiro atoms. The molecule has 0 bridgehead atoms. The van der Waals surface area contributed by atoms with Gasteiger partial charge in [-0.1, -0.05) is 6.07 Å². The Hall–Kier alpha value is -3.23. The van der Waals surface area contributed by atoms with Crippen molar-refractivity contribution in [1.29, 1.82) is 5.26 Å². The first kappa shape index (κ1) is 23.9. The predicted molar refractivity (Wildman–Crippen MR) is 139 cm³/mol. The standard InChI is InChI=1S/C25H18BrIN2O5/c1-31-19-5-3-18(4-6-19)29-25(30)17(12-28)8-16-9-20(26)24(21(27)10-16)32-13-15-2-7-22-23(11-15)34-14-33-22/h2-11H,13-14H2,1H3,(H,29,30)/b17-8-. The van der Waals surface area contributed by atoms with Crippen LogP contribution in [0.25, 0.3) is 6.08 Å². The zero-order chi connectivity index (χ0) is 24.1. The Balaban J connectivity index is 1.47. The van der Waals surface area contributed by atoms with Gasteiger partial charge in [0.05, 0.1) is 15.2 Å². The van der Waals surface area contributed by atoms with Crippen molar-refractivity contribution in [3.63, 3.8) is 0 Å². The van der Waals surface area contributed by atoms with Gasteiger partial charge in [-0.05, 0) is 104 Å². The molecule has 1 aliphatic heterocycles. The van der Waals surface area contributed by atoms with Gasteiger partial charge in [-0.3, -0.25) is 4.79 Å². The number of ether oxygens (including phenoxy) is 4. The van der Waals surface area contributed by atoms with Gasteiger partial charge in [-0.25, -0.2) is 0 Å². The van der Waals surface area contributed by atoms with Crippen LogP contribution in [0.1, 0.15) is 11.1 Å². The lowest BCUT2D eigenvalue weighted by Gasteiger charge is -2.12. The Morgan fingerprint density at radius 2 is 1.94 bits per heavy atom. The zero-order valence-electron chi connectivity index (χ0n) is 17.9. The Morgan fingerprint density at radius 3 is 2.65 bits per heavy atom. The summed E-state index contributed by atoms with van der Waals surface area (Å²) in [6.45, 7) is 0.564. The third-order valence-electron chi connectivity index (χ3n) is 4.86. The van der Waals surface area contributed by atoms with Gasteiger partial charge < -0.3 is 24.3 Å². The van der Waals surface area contributed by atoms with Gasteiger partial charge in [0.2, 0.25) is 6.79 Å². The summed E-state index contributed by atoms with van der Waals surface area (Å²) in [5, 5.41) is 12.3. The number of halogens is 2. The Morgan fingerprint density at radius 1 is 1.18 bits per heavy atom. The van der Waals surface area contributed by atoms with E-state index in [2.05, 4.69) is 43.8 Å². The number of amides is 1. The summed E-state index contributed by atoms with van der Waals surface area (Å²) in [7, 11) is 1.57. The van der Waals surface area contributed by atoms with Gasteiger partial charge in [-0.2, -0.15) is 5.26 Å².